The summed E-state index contributed by atoms with van der Waals surface area (Å²) in [6.07, 6.45) is 0.300. The van der Waals surface area contributed by atoms with Gasteiger partial charge < -0.3 is 14.8 Å². The summed E-state index contributed by atoms with van der Waals surface area (Å²) in [5.74, 6) is -0.942. The Bertz CT molecular complexity index is 277. The van der Waals surface area contributed by atoms with Crippen molar-refractivity contribution in [2.45, 2.75) is 39.7 Å². The maximum Gasteiger partial charge on any atom is 0.303 e. The van der Waals surface area contributed by atoms with E-state index in [1.165, 1.54) is 13.8 Å². The lowest BCUT2D eigenvalue weighted by Crippen LogP contribution is -2.30. The van der Waals surface area contributed by atoms with E-state index in [-0.39, 0.29) is 12.5 Å². The summed E-state index contributed by atoms with van der Waals surface area (Å²) in [6.45, 7) is 4.70. The Morgan fingerprint density at radius 1 is 1.18 bits per heavy atom. The second-order valence-corrected chi connectivity index (χ2v) is 3.53. The molecular formula is C11H19NO5. The van der Waals surface area contributed by atoms with Crippen molar-refractivity contribution in [1.29, 1.82) is 0 Å². The highest BCUT2D eigenvalue weighted by atomic mass is 16.6. The van der Waals surface area contributed by atoms with Gasteiger partial charge in [-0.05, 0) is 0 Å². The molecule has 1 unspecified atom stereocenters. The fraction of sp³-hybridized carbons (Fsp3) is 0.727. The van der Waals surface area contributed by atoms with Crippen molar-refractivity contribution in [1.82, 2.24) is 5.32 Å². The van der Waals surface area contributed by atoms with Crippen molar-refractivity contribution in [2.75, 3.05) is 13.2 Å². The average Bonchev–Trinajstić information content (AvgIpc) is 2.24. The van der Waals surface area contributed by atoms with Gasteiger partial charge in [-0.3, -0.25) is 14.4 Å². The number of carbonyl (C=O) groups is 3. The Labute approximate surface area is 101 Å². The summed E-state index contributed by atoms with van der Waals surface area (Å²) in [5, 5.41) is 2.65. The highest BCUT2D eigenvalue weighted by Crippen LogP contribution is 2.00. The van der Waals surface area contributed by atoms with Crippen LogP contribution >= 0.6 is 0 Å². The Kier molecular flexibility index (Phi) is 7.75. The molecule has 0 heterocycles. The first kappa shape index (κ1) is 15.4. The molecule has 6 nitrogen and oxygen atoms in total. The van der Waals surface area contributed by atoms with Crippen LogP contribution in [0.1, 0.15) is 33.6 Å². The minimum atomic E-state index is -0.520. The molecule has 0 saturated carbocycles. The lowest BCUT2D eigenvalue weighted by molar-refractivity contribution is -0.156. The van der Waals surface area contributed by atoms with Gasteiger partial charge in [0.25, 0.3) is 0 Å². The predicted octanol–water partition coefficient (Wildman–Crippen LogP) is 0.397. The molecular weight excluding hydrogens is 226 g/mol. The van der Waals surface area contributed by atoms with Crippen LogP contribution in [0.15, 0.2) is 0 Å². The molecule has 0 bridgehead atoms. The van der Waals surface area contributed by atoms with Crippen LogP contribution < -0.4 is 5.32 Å². The first-order valence-corrected chi connectivity index (χ1v) is 5.53. The Balaban J connectivity index is 3.96. The largest absolute Gasteiger partial charge is 0.462 e. The zero-order chi connectivity index (χ0) is 13.3. The SMILES string of the molecule is CCC(=O)NCCC(COC(C)=O)OC(C)=O. The standard InChI is InChI=1S/C11H19NO5/c1-4-11(15)12-6-5-10(17-9(3)14)7-16-8(2)13/h10H,4-7H2,1-3H3,(H,12,15). The molecule has 0 aromatic rings. The Hall–Kier alpha value is -1.59. The first-order chi connectivity index (χ1) is 7.95. The van der Waals surface area contributed by atoms with Crippen LogP contribution in [0.5, 0.6) is 0 Å². The van der Waals surface area contributed by atoms with Gasteiger partial charge in [-0.2, -0.15) is 0 Å². The number of ether oxygens (including phenoxy) is 2. The van der Waals surface area contributed by atoms with E-state index in [9.17, 15) is 14.4 Å². The third-order valence-electron chi connectivity index (χ3n) is 1.91. The van der Waals surface area contributed by atoms with E-state index in [0.717, 1.165) is 0 Å². The Morgan fingerprint density at radius 3 is 2.29 bits per heavy atom. The molecule has 0 radical (unpaired) electrons. The minimum Gasteiger partial charge on any atom is -0.462 e. The molecule has 6 heteroatoms. The summed E-state index contributed by atoms with van der Waals surface area (Å²) >= 11 is 0. The number of hydrogen-bond donors (Lipinski definition) is 1. The lowest BCUT2D eigenvalue weighted by atomic mass is 10.2. The zero-order valence-electron chi connectivity index (χ0n) is 10.4. The van der Waals surface area contributed by atoms with Gasteiger partial charge in [-0.1, -0.05) is 6.92 Å². The normalized spacial score (nSPS) is 11.5. The van der Waals surface area contributed by atoms with E-state index < -0.39 is 18.0 Å². The zero-order valence-corrected chi connectivity index (χ0v) is 10.4. The summed E-state index contributed by atoms with van der Waals surface area (Å²) in [6, 6.07) is 0. The highest BCUT2D eigenvalue weighted by Gasteiger charge is 2.14. The molecule has 17 heavy (non-hydrogen) atoms. The highest BCUT2D eigenvalue weighted by molar-refractivity contribution is 5.75. The lowest BCUT2D eigenvalue weighted by Gasteiger charge is -2.16. The van der Waals surface area contributed by atoms with Gasteiger partial charge in [0.2, 0.25) is 5.91 Å². The van der Waals surface area contributed by atoms with Crippen molar-refractivity contribution in [3.63, 3.8) is 0 Å². The third-order valence-corrected chi connectivity index (χ3v) is 1.91. The number of nitrogens with one attached hydrogen (secondary N) is 1. The van der Waals surface area contributed by atoms with Crippen LogP contribution in [-0.2, 0) is 23.9 Å². The van der Waals surface area contributed by atoms with E-state index in [2.05, 4.69) is 5.32 Å². The monoisotopic (exact) mass is 245 g/mol. The molecule has 0 aromatic heterocycles. The summed E-state index contributed by atoms with van der Waals surface area (Å²) < 4.78 is 9.71. The molecule has 98 valence electrons. The molecule has 0 aromatic carbocycles. The molecule has 0 aliphatic rings. The molecule has 0 aliphatic heterocycles. The molecule has 1 N–H and O–H groups in total. The third kappa shape index (κ3) is 9.35. The maximum absolute atomic E-state index is 11.0. The molecule has 0 fully saturated rings. The fourth-order valence-corrected chi connectivity index (χ4v) is 1.12. The maximum atomic E-state index is 11.0. The van der Waals surface area contributed by atoms with Crippen molar-refractivity contribution in [3.8, 4) is 0 Å². The second kappa shape index (κ2) is 8.55. The van der Waals surface area contributed by atoms with E-state index in [1.54, 1.807) is 6.92 Å². The molecule has 0 saturated heterocycles. The molecule has 0 aliphatic carbocycles. The van der Waals surface area contributed by atoms with Crippen LogP contribution in [0.25, 0.3) is 0 Å². The van der Waals surface area contributed by atoms with Gasteiger partial charge in [-0.15, -0.1) is 0 Å². The van der Waals surface area contributed by atoms with E-state index in [1.807, 2.05) is 0 Å². The van der Waals surface area contributed by atoms with E-state index >= 15 is 0 Å². The summed E-state index contributed by atoms with van der Waals surface area (Å²) in [5.41, 5.74) is 0. The average molecular weight is 245 g/mol. The van der Waals surface area contributed by atoms with E-state index in [0.29, 0.717) is 19.4 Å². The van der Waals surface area contributed by atoms with Crippen LogP contribution in [0.4, 0.5) is 0 Å². The van der Waals surface area contributed by atoms with Gasteiger partial charge in [0.15, 0.2) is 0 Å². The first-order valence-electron chi connectivity index (χ1n) is 5.53. The fourth-order valence-electron chi connectivity index (χ4n) is 1.12. The Morgan fingerprint density at radius 2 is 1.82 bits per heavy atom. The smallest absolute Gasteiger partial charge is 0.303 e. The number of rotatable bonds is 7. The number of carbonyl (C=O) groups excluding carboxylic acids is 3. The molecule has 1 amide bonds. The number of hydrogen-bond acceptors (Lipinski definition) is 5. The van der Waals surface area contributed by atoms with E-state index in [4.69, 9.17) is 9.47 Å². The number of amides is 1. The van der Waals surface area contributed by atoms with Crippen LogP contribution in [0.3, 0.4) is 0 Å². The van der Waals surface area contributed by atoms with Gasteiger partial charge in [0.05, 0.1) is 0 Å². The van der Waals surface area contributed by atoms with Crippen molar-refractivity contribution in [2.24, 2.45) is 0 Å². The minimum absolute atomic E-state index is 0.0108. The van der Waals surface area contributed by atoms with Crippen LogP contribution in [-0.4, -0.2) is 37.1 Å². The van der Waals surface area contributed by atoms with Gasteiger partial charge in [0, 0.05) is 33.2 Å². The van der Waals surface area contributed by atoms with Gasteiger partial charge in [0.1, 0.15) is 12.7 Å². The van der Waals surface area contributed by atoms with Gasteiger partial charge in [-0.25, -0.2) is 0 Å². The molecule has 0 rings (SSSR count). The van der Waals surface area contributed by atoms with Crippen molar-refractivity contribution >= 4 is 17.8 Å². The topological polar surface area (TPSA) is 81.7 Å². The molecule has 1 atom stereocenters. The van der Waals surface area contributed by atoms with Crippen LogP contribution in [0.2, 0.25) is 0 Å². The summed E-state index contributed by atoms with van der Waals surface area (Å²) in [7, 11) is 0. The van der Waals surface area contributed by atoms with Crippen molar-refractivity contribution in [3.05, 3.63) is 0 Å². The van der Waals surface area contributed by atoms with Crippen molar-refractivity contribution < 1.29 is 23.9 Å². The predicted molar refractivity (Wildman–Crippen MR) is 60.1 cm³/mol. The molecule has 0 spiro atoms. The van der Waals surface area contributed by atoms with Crippen LogP contribution in [0, 0.1) is 0 Å². The summed E-state index contributed by atoms with van der Waals surface area (Å²) in [4.78, 5) is 32.4. The van der Waals surface area contributed by atoms with Gasteiger partial charge >= 0.3 is 11.9 Å². The second-order valence-electron chi connectivity index (χ2n) is 3.53. The number of esters is 2. The quantitative estimate of drug-likeness (QED) is 0.656.